The minimum atomic E-state index is -0.823. The number of hydrogen-bond acceptors (Lipinski definition) is 4. The fourth-order valence-corrected chi connectivity index (χ4v) is 1.43. The van der Waals surface area contributed by atoms with Crippen molar-refractivity contribution in [2.45, 2.75) is 20.3 Å². The van der Waals surface area contributed by atoms with Gasteiger partial charge in [-0.05, 0) is 13.3 Å². The average Bonchev–Trinajstić information content (AvgIpc) is 2.44. The Morgan fingerprint density at radius 1 is 1.25 bits per heavy atom. The molecule has 0 aliphatic carbocycles. The first-order valence-electron chi connectivity index (χ1n) is 6.57. The van der Waals surface area contributed by atoms with Gasteiger partial charge in [-0.1, -0.05) is 6.92 Å². The molecule has 1 amide bonds. The summed E-state index contributed by atoms with van der Waals surface area (Å²) in [6.45, 7) is 4.76. The van der Waals surface area contributed by atoms with Crippen molar-refractivity contribution in [2.75, 3.05) is 37.3 Å². The first kappa shape index (κ1) is 16.1. The number of amides is 1. The zero-order valence-electron chi connectivity index (χ0n) is 12.0. The highest BCUT2D eigenvalue weighted by Crippen LogP contribution is 2.18. The summed E-state index contributed by atoms with van der Waals surface area (Å²) in [7, 11) is 1.65. The van der Waals surface area contributed by atoms with Gasteiger partial charge < -0.3 is 15.5 Å². The Hall–Kier alpha value is -1.92. The summed E-state index contributed by atoms with van der Waals surface area (Å²) in [5.41, 5.74) is 0. The molecule has 0 aliphatic rings. The summed E-state index contributed by atoms with van der Waals surface area (Å²) >= 11 is 0. The Balaban J connectivity index is 2.76. The molecule has 20 heavy (non-hydrogen) atoms. The van der Waals surface area contributed by atoms with E-state index in [0.717, 1.165) is 12.5 Å². The summed E-state index contributed by atoms with van der Waals surface area (Å²) < 4.78 is 27.0. The van der Waals surface area contributed by atoms with Gasteiger partial charge >= 0.3 is 0 Å². The second kappa shape index (κ2) is 7.62. The van der Waals surface area contributed by atoms with Crippen molar-refractivity contribution in [3.8, 4) is 0 Å². The van der Waals surface area contributed by atoms with Gasteiger partial charge in [-0.3, -0.25) is 4.79 Å². The number of likely N-dealkylation sites (N-methyl/N-ethyl adjacent to an activating group) is 1. The van der Waals surface area contributed by atoms with Crippen molar-refractivity contribution in [1.29, 1.82) is 0 Å². The number of anilines is 2. The number of nitrogens with zero attached hydrogens (tertiary/aromatic N) is 2. The molecule has 0 radical (unpaired) electrons. The van der Waals surface area contributed by atoms with Gasteiger partial charge in [-0.15, -0.1) is 0 Å². The lowest BCUT2D eigenvalue weighted by Gasteiger charge is -2.15. The SMILES string of the molecule is CCCNc1nc(NCC(=O)N(C)CC)c(F)cc1F. The number of pyridine rings is 1. The minimum Gasteiger partial charge on any atom is -0.368 e. The number of carbonyl (C=O) groups is 1. The molecule has 0 fully saturated rings. The summed E-state index contributed by atoms with van der Waals surface area (Å²) in [6, 6.07) is 0.751. The van der Waals surface area contributed by atoms with Crippen LogP contribution in [0, 0.1) is 11.6 Å². The summed E-state index contributed by atoms with van der Waals surface area (Å²) in [5, 5.41) is 5.35. The molecule has 0 aliphatic heterocycles. The van der Waals surface area contributed by atoms with E-state index in [0.29, 0.717) is 13.1 Å². The van der Waals surface area contributed by atoms with Gasteiger partial charge in [0.05, 0.1) is 6.54 Å². The van der Waals surface area contributed by atoms with Crippen LogP contribution in [-0.2, 0) is 4.79 Å². The highest BCUT2D eigenvalue weighted by Gasteiger charge is 2.13. The molecule has 0 aromatic carbocycles. The maximum atomic E-state index is 13.6. The maximum Gasteiger partial charge on any atom is 0.241 e. The Labute approximate surface area is 117 Å². The number of rotatable bonds is 7. The van der Waals surface area contributed by atoms with Crippen LogP contribution in [0.1, 0.15) is 20.3 Å². The first-order chi connectivity index (χ1) is 9.49. The summed E-state index contributed by atoms with van der Waals surface area (Å²) in [6.07, 6.45) is 0.793. The Bertz CT molecular complexity index is 468. The molecule has 0 atom stereocenters. The van der Waals surface area contributed by atoms with Crippen LogP contribution in [0.4, 0.5) is 20.4 Å². The van der Waals surface area contributed by atoms with E-state index in [4.69, 9.17) is 0 Å². The smallest absolute Gasteiger partial charge is 0.241 e. The Morgan fingerprint density at radius 2 is 1.85 bits per heavy atom. The standard InChI is InChI=1S/C13H20F2N4O/c1-4-6-16-12-9(14)7-10(15)13(18-12)17-8-11(20)19(3)5-2/h7H,4-6,8H2,1-3H3,(H2,16,17,18). The molecule has 5 nitrogen and oxygen atoms in total. The lowest BCUT2D eigenvalue weighted by atomic mass is 10.3. The highest BCUT2D eigenvalue weighted by molar-refractivity contribution is 5.80. The van der Waals surface area contributed by atoms with Crippen molar-refractivity contribution < 1.29 is 13.6 Å². The number of aromatic nitrogens is 1. The third kappa shape index (κ3) is 4.32. The molecule has 1 aromatic rings. The van der Waals surface area contributed by atoms with Crippen LogP contribution in [0.2, 0.25) is 0 Å². The third-order valence-electron chi connectivity index (χ3n) is 2.78. The largest absolute Gasteiger partial charge is 0.368 e. The highest BCUT2D eigenvalue weighted by atomic mass is 19.1. The van der Waals surface area contributed by atoms with Crippen molar-refractivity contribution >= 4 is 17.5 Å². The lowest BCUT2D eigenvalue weighted by molar-refractivity contribution is -0.127. The van der Waals surface area contributed by atoms with Gasteiger partial charge in [0.15, 0.2) is 23.3 Å². The second-order valence-corrected chi connectivity index (χ2v) is 4.34. The van der Waals surface area contributed by atoms with Crippen LogP contribution in [0.25, 0.3) is 0 Å². The molecular weight excluding hydrogens is 266 g/mol. The molecule has 7 heteroatoms. The van der Waals surface area contributed by atoms with Gasteiger partial charge in [-0.2, -0.15) is 0 Å². The number of hydrogen-bond donors (Lipinski definition) is 2. The lowest BCUT2D eigenvalue weighted by Crippen LogP contribution is -2.32. The van der Waals surface area contributed by atoms with Gasteiger partial charge in [-0.25, -0.2) is 13.8 Å². The van der Waals surface area contributed by atoms with E-state index in [1.807, 2.05) is 13.8 Å². The summed E-state index contributed by atoms with van der Waals surface area (Å²) in [4.78, 5) is 16.9. The molecular formula is C13H20F2N4O. The van der Waals surface area contributed by atoms with Crippen LogP contribution >= 0.6 is 0 Å². The van der Waals surface area contributed by atoms with Crippen LogP contribution in [0.15, 0.2) is 6.07 Å². The van der Waals surface area contributed by atoms with E-state index < -0.39 is 11.6 Å². The quantitative estimate of drug-likeness (QED) is 0.805. The minimum absolute atomic E-state index is 0.0213. The van der Waals surface area contributed by atoms with Gasteiger partial charge in [0.2, 0.25) is 5.91 Å². The van der Waals surface area contributed by atoms with E-state index in [1.165, 1.54) is 4.90 Å². The van der Waals surface area contributed by atoms with Crippen LogP contribution in [-0.4, -0.2) is 42.5 Å². The monoisotopic (exact) mass is 286 g/mol. The molecule has 0 saturated carbocycles. The molecule has 0 unspecified atom stereocenters. The fraction of sp³-hybridized carbons (Fsp3) is 0.538. The Morgan fingerprint density at radius 3 is 2.40 bits per heavy atom. The van der Waals surface area contributed by atoms with Crippen molar-refractivity contribution in [2.24, 2.45) is 0 Å². The Kier molecular flexibility index (Phi) is 6.14. The van der Waals surface area contributed by atoms with E-state index in [2.05, 4.69) is 15.6 Å². The number of carbonyl (C=O) groups excluding carboxylic acids is 1. The number of halogens is 2. The molecule has 112 valence electrons. The molecule has 0 saturated heterocycles. The average molecular weight is 286 g/mol. The first-order valence-corrected chi connectivity index (χ1v) is 6.57. The van der Waals surface area contributed by atoms with Crippen LogP contribution in [0.5, 0.6) is 0 Å². The molecule has 1 heterocycles. The third-order valence-corrected chi connectivity index (χ3v) is 2.78. The molecule has 1 rings (SSSR count). The molecule has 2 N–H and O–H groups in total. The van der Waals surface area contributed by atoms with Crippen LogP contribution in [0.3, 0.4) is 0 Å². The van der Waals surface area contributed by atoms with Crippen molar-refractivity contribution in [1.82, 2.24) is 9.88 Å². The van der Waals surface area contributed by atoms with Gasteiger partial charge in [0.25, 0.3) is 0 Å². The van der Waals surface area contributed by atoms with Crippen LogP contribution < -0.4 is 10.6 Å². The number of nitrogens with one attached hydrogen (secondary N) is 2. The summed E-state index contributed by atoms with van der Waals surface area (Å²) in [5.74, 6) is -1.93. The maximum absolute atomic E-state index is 13.6. The van der Waals surface area contributed by atoms with Gasteiger partial charge in [0, 0.05) is 26.2 Å². The van der Waals surface area contributed by atoms with Crippen molar-refractivity contribution in [3.05, 3.63) is 17.7 Å². The predicted molar refractivity (Wildman–Crippen MR) is 74.7 cm³/mol. The van der Waals surface area contributed by atoms with E-state index in [9.17, 15) is 13.6 Å². The normalized spacial score (nSPS) is 10.2. The van der Waals surface area contributed by atoms with Crippen molar-refractivity contribution in [3.63, 3.8) is 0 Å². The van der Waals surface area contributed by atoms with E-state index in [-0.39, 0.29) is 24.1 Å². The van der Waals surface area contributed by atoms with E-state index >= 15 is 0 Å². The predicted octanol–water partition coefficient (Wildman–Crippen LogP) is 2.07. The fourth-order valence-electron chi connectivity index (χ4n) is 1.43. The topological polar surface area (TPSA) is 57.3 Å². The molecule has 1 aromatic heterocycles. The second-order valence-electron chi connectivity index (χ2n) is 4.34. The molecule has 0 spiro atoms. The van der Waals surface area contributed by atoms with E-state index in [1.54, 1.807) is 7.05 Å². The zero-order valence-corrected chi connectivity index (χ0v) is 12.0. The zero-order chi connectivity index (χ0) is 15.1. The molecule has 0 bridgehead atoms. The van der Waals surface area contributed by atoms with Gasteiger partial charge in [0.1, 0.15) is 0 Å².